The lowest BCUT2D eigenvalue weighted by molar-refractivity contribution is 0.155. The second kappa shape index (κ2) is 9.66. The zero-order valence-electron chi connectivity index (χ0n) is 13.8. The summed E-state index contributed by atoms with van der Waals surface area (Å²) in [5.74, 6) is 0.560. The van der Waals surface area contributed by atoms with E-state index in [0.29, 0.717) is 10.9 Å². The molecule has 1 atom stereocenters. The van der Waals surface area contributed by atoms with Gasteiger partial charge in [-0.15, -0.1) is 12.4 Å². The van der Waals surface area contributed by atoms with Gasteiger partial charge in [0.2, 0.25) is 0 Å². The van der Waals surface area contributed by atoms with Crippen LogP contribution in [0.4, 0.5) is 10.5 Å². The Morgan fingerprint density at radius 1 is 1.16 bits per heavy atom. The first-order chi connectivity index (χ1) is 11.7. The van der Waals surface area contributed by atoms with Crippen molar-refractivity contribution in [1.29, 1.82) is 0 Å². The number of carbonyl (C=O) groups is 1. The first kappa shape index (κ1) is 19.6. The number of piperidine rings is 1. The van der Waals surface area contributed by atoms with Gasteiger partial charge < -0.3 is 10.1 Å². The summed E-state index contributed by atoms with van der Waals surface area (Å²) in [5.41, 5.74) is 2.95. The monoisotopic (exact) mass is 380 g/mol. The molecule has 0 aromatic heterocycles. The average molecular weight is 381 g/mol. The summed E-state index contributed by atoms with van der Waals surface area (Å²) in [6.45, 7) is 2.35. The fraction of sp³-hybridized carbons (Fsp3) is 0.316. The van der Waals surface area contributed by atoms with Gasteiger partial charge in [0.15, 0.2) is 0 Å². The summed E-state index contributed by atoms with van der Waals surface area (Å²) in [6, 6.07) is 15.2. The number of carbonyl (C=O) groups excluding carboxylic acids is 1. The second-order valence-electron chi connectivity index (χ2n) is 5.99. The lowest BCUT2D eigenvalue weighted by Crippen LogP contribution is -2.28. The third kappa shape index (κ3) is 5.92. The van der Waals surface area contributed by atoms with Gasteiger partial charge in [-0.05, 0) is 60.7 Å². The highest BCUT2D eigenvalue weighted by Gasteiger charge is 2.14. The molecule has 0 bridgehead atoms. The minimum absolute atomic E-state index is 0. The molecule has 0 aliphatic carbocycles. The van der Waals surface area contributed by atoms with E-state index < -0.39 is 6.09 Å². The van der Waals surface area contributed by atoms with Crippen LogP contribution in [-0.4, -0.2) is 19.2 Å². The number of halogens is 2. The van der Waals surface area contributed by atoms with Gasteiger partial charge in [-0.2, -0.15) is 0 Å². The first-order valence-corrected chi connectivity index (χ1v) is 8.57. The molecule has 3 rings (SSSR count). The quantitative estimate of drug-likeness (QED) is 0.786. The van der Waals surface area contributed by atoms with Crippen molar-refractivity contribution in [2.75, 3.05) is 18.4 Å². The van der Waals surface area contributed by atoms with Crippen molar-refractivity contribution in [3.8, 4) is 0 Å². The Kier molecular flexibility index (Phi) is 7.56. The molecule has 1 unspecified atom stereocenters. The van der Waals surface area contributed by atoms with Crippen LogP contribution < -0.4 is 10.6 Å². The number of hydrogen-bond acceptors (Lipinski definition) is 3. The molecule has 6 heteroatoms. The van der Waals surface area contributed by atoms with Gasteiger partial charge in [0.05, 0.1) is 0 Å². The Morgan fingerprint density at radius 3 is 2.52 bits per heavy atom. The average Bonchev–Trinajstić information content (AvgIpc) is 2.63. The molecule has 134 valence electrons. The molecule has 2 aromatic rings. The molecule has 0 saturated carbocycles. The Balaban J connectivity index is 0.00000225. The fourth-order valence-corrected chi connectivity index (χ4v) is 2.98. The van der Waals surface area contributed by atoms with E-state index in [1.165, 1.54) is 18.4 Å². The van der Waals surface area contributed by atoms with Gasteiger partial charge >= 0.3 is 6.09 Å². The van der Waals surface area contributed by atoms with Crippen LogP contribution in [0.1, 0.15) is 29.9 Å². The van der Waals surface area contributed by atoms with E-state index in [1.54, 1.807) is 12.1 Å². The predicted molar refractivity (Wildman–Crippen MR) is 104 cm³/mol. The second-order valence-corrected chi connectivity index (χ2v) is 6.43. The first-order valence-electron chi connectivity index (χ1n) is 8.19. The molecule has 0 radical (unpaired) electrons. The molecule has 4 nitrogen and oxygen atoms in total. The van der Waals surface area contributed by atoms with Crippen molar-refractivity contribution in [2.45, 2.75) is 25.4 Å². The van der Waals surface area contributed by atoms with Crippen LogP contribution in [-0.2, 0) is 11.3 Å². The van der Waals surface area contributed by atoms with E-state index in [4.69, 9.17) is 16.3 Å². The van der Waals surface area contributed by atoms with Gasteiger partial charge in [-0.3, -0.25) is 5.32 Å². The summed E-state index contributed by atoms with van der Waals surface area (Å²) < 4.78 is 5.22. The summed E-state index contributed by atoms with van der Waals surface area (Å²) in [5, 5.41) is 6.83. The Morgan fingerprint density at radius 2 is 1.88 bits per heavy atom. The summed E-state index contributed by atoms with van der Waals surface area (Å²) in [4.78, 5) is 11.9. The van der Waals surface area contributed by atoms with Gasteiger partial charge in [0.1, 0.15) is 6.61 Å². The van der Waals surface area contributed by atoms with Crippen LogP contribution in [0.2, 0.25) is 5.02 Å². The number of ether oxygens (including phenoxy) is 1. The highest BCUT2D eigenvalue weighted by Crippen LogP contribution is 2.24. The molecule has 2 N–H and O–H groups in total. The number of amides is 1. The molecule has 0 spiro atoms. The maximum Gasteiger partial charge on any atom is 0.411 e. The van der Waals surface area contributed by atoms with E-state index >= 15 is 0 Å². The third-order valence-electron chi connectivity index (χ3n) is 4.21. The van der Waals surface area contributed by atoms with Crippen molar-refractivity contribution in [1.82, 2.24) is 5.32 Å². The highest BCUT2D eigenvalue weighted by molar-refractivity contribution is 6.30. The normalized spacial score (nSPS) is 16.6. The fourth-order valence-electron chi connectivity index (χ4n) is 2.86. The van der Waals surface area contributed by atoms with Crippen LogP contribution in [0, 0.1) is 0 Å². The molecular formula is C19H22Cl2N2O2. The van der Waals surface area contributed by atoms with Crippen molar-refractivity contribution >= 4 is 35.8 Å². The molecule has 1 heterocycles. The van der Waals surface area contributed by atoms with Gasteiger partial charge in [0, 0.05) is 17.3 Å². The van der Waals surface area contributed by atoms with Crippen LogP contribution in [0.5, 0.6) is 0 Å². The van der Waals surface area contributed by atoms with Crippen molar-refractivity contribution in [3.63, 3.8) is 0 Å². The Bertz CT molecular complexity index is 669. The largest absolute Gasteiger partial charge is 0.444 e. The molecule has 1 amide bonds. The molecule has 2 aromatic carbocycles. The van der Waals surface area contributed by atoms with Crippen molar-refractivity contribution in [2.24, 2.45) is 0 Å². The van der Waals surface area contributed by atoms with Crippen LogP contribution in [0.25, 0.3) is 0 Å². The van der Waals surface area contributed by atoms with Crippen LogP contribution in [0.15, 0.2) is 48.5 Å². The third-order valence-corrected chi connectivity index (χ3v) is 4.46. The maximum atomic E-state index is 11.9. The Hall–Kier alpha value is -1.75. The topological polar surface area (TPSA) is 50.4 Å². The van der Waals surface area contributed by atoms with E-state index in [9.17, 15) is 4.79 Å². The van der Waals surface area contributed by atoms with E-state index in [2.05, 4.69) is 22.8 Å². The number of nitrogens with one attached hydrogen (secondary N) is 2. The Labute approximate surface area is 159 Å². The number of rotatable bonds is 4. The minimum atomic E-state index is -0.461. The zero-order valence-corrected chi connectivity index (χ0v) is 15.4. The molecular weight excluding hydrogens is 359 g/mol. The predicted octanol–water partition coefficient (Wildman–Crippen LogP) is 4.98. The number of benzene rings is 2. The maximum absolute atomic E-state index is 11.9. The standard InChI is InChI=1S/C19H21ClN2O2.ClH/c20-17-7-3-14(4-8-17)13-24-19(23)22-18-9-5-15(6-10-18)16-2-1-11-21-12-16;/h3-10,16,21H,1-2,11-13H2,(H,22,23);1H. The summed E-state index contributed by atoms with van der Waals surface area (Å²) >= 11 is 5.83. The zero-order chi connectivity index (χ0) is 16.8. The molecule has 25 heavy (non-hydrogen) atoms. The van der Waals surface area contributed by atoms with Crippen molar-refractivity contribution in [3.05, 3.63) is 64.7 Å². The van der Waals surface area contributed by atoms with Gasteiger partial charge in [-0.1, -0.05) is 35.9 Å². The van der Waals surface area contributed by atoms with E-state index in [-0.39, 0.29) is 19.0 Å². The van der Waals surface area contributed by atoms with Gasteiger partial charge in [-0.25, -0.2) is 4.79 Å². The van der Waals surface area contributed by atoms with E-state index in [0.717, 1.165) is 24.3 Å². The lowest BCUT2D eigenvalue weighted by atomic mass is 9.92. The SMILES string of the molecule is Cl.O=C(Nc1ccc(C2CCCNC2)cc1)OCc1ccc(Cl)cc1. The van der Waals surface area contributed by atoms with Crippen LogP contribution in [0.3, 0.4) is 0 Å². The molecule has 1 aliphatic rings. The molecule has 1 aliphatic heterocycles. The summed E-state index contributed by atoms with van der Waals surface area (Å²) in [6.07, 6.45) is 1.96. The molecule has 1 fully saturated rings. The van der Waals surface area contributed by atoms with E-state index in [1.807, 2.05) is 24.3 Å². The number of hydrogen-bond donors (Lipinski definition) is 2. The van der Waals surface area contributed by atoms with Crippen LogP contribution >= 0.6 is 24.0 Å². The minimum Gasteiger partial charge on any atom is -0.444 e. The number of anilines is 1. The van der Waals surface area contributed by atoms with Crippen molar-refractivity contribution < 1.29 is 9.53 Å². The molecule has 1 saturated heterocycles. The summed E-state index contributed by atoms with van der Waals surface area (Å²) in [7, 11) is 0. The highest BCUT2D eigenvalue weighted by atomic mass is 35.5. The lowest BCUT2D eigenvalue weighted by Gasteiger charge is -2.23. The smallest absolute Gasteiger partial charge is 0.411 e. The van der Waals surface area contributed by atoms with Gasteiger partial charge in [0.25, 0.3) is 0 Å².